The van der Waals surface area contributed by atoms with Crippen LogP contribution in [0.4, 0.5) is 0 Å². The maximum Gasteiger partial charge on any atom is 0.305 e. The molecule has 0 aromatic rings. The van der Waals surface area contributed by atoms with E-state index in [1.165, 1.54) is 205 Å². The van der Waals surface area contributed by atoms with E-state index < -0.39 is 12.1 Å². The van der Waals surface area contributed by atoms with Crippen molar-refractivity contribution in [1.29, 1.82) is 0 Å². The molecule has 62 heavy (non-hydrogen) atoms. The molecule has 364 valence electrons. The zero-order valence-corrected chi connectivity index (χ0v) is 41.4. The lowest BCUT2D eigenvalue weighted by Crippen LogP contribution is -2.45. The van der Waals surface area contributed by atoms with Crippen molar-refractivity contribution < 1.29 is 24.5 Å². The summed E-state index contributed by atoms with van der Waals surface area (Å²) in [4.78, 5) is 24.4. The standard InChI is InChI=1S/C56H105NO5/c1-3-5-7-9-11-13-15-25-30-34-38-42-46-50-56(61)62-51-47-43-39-35-31-27-24-22-20-18-17-19-21-23-26-29-33-37-41-45-49-55(60)57-53(52-58)54(59)48-44-40-36-32-28-16-14-12-10-8-6-4-2/h13,15,17,19,44,48,53-54,58-59H,3-12,14,16,18,20-43,45-47,49-52H2,1-2H3,(H,57,60)/b15-13-,19-17-,48-44+. The molecule has 2 unspecified atom stereocenters. The van der Waals surface area contributed by atoms with Gasteiger partial charge in [-0.05, 0) is 83.5 Å². The van der Waals surface area contributed by atoms with Crippen molar-refractivity contribution in [1.82, 2.24) is 5.32 Å². The van der Waals surface area contributed by atoms with E-state index in [0.29, 0.717) is 19.4 Å². The normalized spacial score (nSPS) is 12.9. The summed E-state index contributed by atoms with van der Waals surface area (Å²) in [5.74, 6) is -0.0823. The molecule has 1 amide bonds. The minimum absolute atomic E-state index is 0.00433. The second kappa shape index (κ2) is 51.7. The molecule has 0 spiro atoms. The van der Waals surface area contributed by atoms with Crippen molar-refractivity contribution in [2.24, 2.45) is 0 Å². The predicted molar refractivity (Wildman–Crippen MR) is 269 cm³/mol. The first-order valence-corrected chi connectivity index (χ1v) is 27.3. The number of aliphatic hydroxyl groups is 2. The van der Waals surface area contributed by atoms with Crippen molar-refractivity contribution in [3.05, 3.63) is 36.5 Å². The molecular weight excluding hydrogens is 767 g/mol. The number of carbonyl (C=O) groups is 2. The van der Waals surface area contributed by atoms with Gasteiger partial charge in [0.25, 0.3) is 0 Å². The molecule has 6 nitrogen and oxygen atoms in total. The molecule has 0 aliphatic rings. The summed E-state index contributed by atoms with van der Waals surface area (Å²) in [5.41, 5.74) is 0. The number of allylic oxidation sites excluding steroid dienone is 5. The number of amides is 1. The second-order valence-corrected chi connectivity index (χ2v) is 18.5. The smallest absolute Gasteiger partial charge is 0.305 e. The molecule has 2 atom stereocenters. The topological polar surface area (TPSA) is 95.9 Å². The lowest BCUT2D eigenvalue weighted by atomic mass is 10.0. The minimum atomic E-state index is -0.849. The number of ether oxygens (including phenoxy) is 1. The molecule has 0 saturated carbocycles. The number of aliphatic hydroxyl groups excluding tert-OH is 2. The van der Waals surface area contributed by atoms with Crippen LogP contribution >= 0.6 is 0 Å². The number of hydrogen-bond donors (Lipinski definition) is 3. The van der Waals surface area contributed by atoms with Crippen molar-refractivity contribution in [3.63, 3.8) is 0 Å². The Kier molecular flexibility index (Phi) is 50.1. The number of carbonyl (C=O) groups excluding carboxylic acids is 2. The molecule has 0 bridgehead atoms. The van der Waals surface area contributed by atoms with E-state index in [4.69, 9.17) is 4.74 Å². The largest absolute Gasteiger partial charge is 0.466 e. The van der Waals surface area contributed by atoms with E-state index in [-0.39, 0.29) is 18.5 Å². The van der Waals surface area contributed by atoms with Crippen LogP contribution in [0, 0.1) is 0 Å². The Hall–Kier alpha value is -1.92. The van der Waals surface area contributed by atoms with Crippen molar-refractivity contribution in [2.45, 2.75) is 296 Å². The summed E-state index contributed by atoms with van der Waals surface area (Å²) < 4.78 is 5.46. The highest BCUT2D eigenvalue weighted by Gasteiger charge is 2.18. The third kappa shape index (κ3) is 47.6. The molecule has 6 heteroatoms. The first kappa shape index (κ1) is 60.1. The number of unbranched alkanes of at least 4 members (excludes halogenated alkanes) is 35. The summed E-state index contributed by atoms with van der Waals surface area (Å²) in [6, 6.07) is -0.633. The van der Waals surface area contributed by atoms with Crippen LogP contribution in [0.5, 0.6) is 0 Å². The van der Waals surface area contributed by atoms with E-state index >= 15 is 0 Å². The van der Waals surface area contributed by atoms with E-state index in [1.54, 1.807) is 6.08 Å². The lowest BCUT2D eigenvalue weighted by Gasteiger charge is -2.20. The highest BCUT2D eigenvalue weighted by Crippen LogP contribution is 2.15. The first-order valence-electron chi connectivity index (χ1n) is 27.3. The van der Waals surface area contributed by atoms with Crippen molar-refractivity contribution in [3.8, 4) is 0 Å². The summed E-state index contributed by atoms with van der Waals surface area (Å²) >= 11 is 0. The Morgan fingerprint density at radius 1 is 0.435 bits per heavy atom. The van der Waals surface area contributed by atoms with Crippen LogP contribution in [0.3, 0.4) is 0 Å². The third-order valence-corrected chi connectivity index (χ3v) is 12.4. The minimum Gasteiger partial charge on any atom is -0.466 e. The lowest BCUT2D eigenvalue weighted by molar-refractivity contribution is -0.143. The predicted octanol–water partition coefficient (Wildman–Crippen LogP) is 16.5. The average molecular weight is 872 g/mol. The fourth-order valence-corrected chi connectivity index (χ4v) is 8.15. The zero-order valence-electron chi connectivity index (χ0n) is 41.4. The Labute approximate surface area is 385 Å². The first-order chi connectivity index (χ1) is 30.5. The zero-order chi connectivity index (χ0) is 45.1. The van der Waals surface area contributed by atoms with E-state index in [1.807, 2.05) is 6.08 Å². The van der Waals surface area contributed by atoms with Gasteiger partial charge in [0, 0.05) is 12.8 Å². The van der Waals surface area contributed by atoms with Gasteiger partial charge in [-0.3, -0.25) is 9.59 Å². The number of hydrogen-bond acceptors (Lipinski definition) is 5. The highest BCUT2D eigenvalue weighted by atomic mass is 16.5. The molecule has 0 fully saturated rings. The van der Waals surface area contributed by atoms with Gasteiger partial charge in [0.1, 0.15) is 0 Å². The fourth-order valence-electron chi connectivity index (χ4n) is 8.15. The van der Waals surface area contributed by atoms with Crippen LogP contribution in [-0.4, -0.2) is 47.4 Å². The molecule has 0 radical (unpaired) electrons. The average Bonchev–Trinajstić information content (AvgIpc) is 3.27. The molecule has 0 aromatic heterocycles. The van der Waals surface area contributed by atoms with E-state index in [9.17, 15) is 19.8 Å². The van der Waals surface area contributed by atoms with Gasteiger partial charge < -0.3 is 20.3 Å². The van der Waals surface area contributed by atoms with Crippen LogP contribution in [-0.2, 0) is 14.3 Å². The van der Waals surface area contributed by atoms with Gasteiger partial charge in [0.05, 0.1) is 25.4 Å². The summed E-state index contributed by atoms with van der Waals surface area (Å²) in [5, 5.41) is 23.0. The molecule has 0 aromatic carbocycles. The molecule has 0 aliphatic heterocycles. The van der Waals surface area contributed by atoms with Gasteiger partial charge in [-0.2, -0.15) is 0 Å². The Bertz CT molecular complexity index is 1010. The summed E-state index contributed by atoms with van der Waals surface area (Å²) in [7, 11) is 0. The van der Waals surface area contributed by atoms with Gasteiger partial charge in [-0.1, -0.05) is 224 Å². The molecule has 0 saturated heterocycles. The quantitative estimate of drug-likeness (QED) is 0.0321. The van der Waals surface area contributed by atoms with Crippen molar-refractivity contribution in [2.75, 3.05) is 13.2 Å². The van der Waals surface area contributed by atoms with Crippen LogP contribution in [0.1, 0.15) is 284 Å². The van der Waals surface area contributed by atoms with Gasteiger partial charge in [0.15, 0.2) is 0 Å². The molecule has 0 rings (SSSR count). The number of rotatable bonds is 50. The van der Waals surface area contributed by atoms with Gasteiger partial charge >= 0.3 is 5.97 Å². The van der Waals surface area contributed by atoms with Crippen LogP contribution in [0.25, 0.3) is 0 Å². The monoisotopic (exact) mass is 872 g/mol. The van der Waals surface area contributed by atoms with Crippen molar-refractivity contribution >= 4 is 11.9 Å². The third-order valence-electron chi connectivity index (χ3n) is 12.4. The number of esters is 1. The van der Waals surface area contributed by atoms with Gasteiger partial charge in [0.2, 0.25) is 5.91 Å². The Morgan fingerprint density at radius 2 is 0.758 bits per heavy atom. The highest BCUT2D eigenvalue weighted by molar-refractivity contribution is 5.76. The summed E-state index contributed by atoms with van der Waals surface area (Å²) in [6.45, 7) is 4.86. The van der Waals surface area contributed by atoms with Crippen LogP contribution in [0.15, 0.2) is 36.5 Å². The van der Waals surface area contributed by atoms with Crippen LogP contribution in [0.2, 0.25) is 0 Å². The van der Waals surface area contributed by atoms with E-state index in [0.717, 1.165) is 51.4 Å². The maximum absolute atomic E-state index is 12.4. The van der Waals surface area contributed by atoms with E-state index in [2.05, 4.69) is 43.5 Å². The molecule has 0 heterocycles. The fraction of sp³-hybridized carbons (Fsp3) is 0.857. The van der Waals surface area contributed by atoms with Gasteiger partial charge in [-0.25, -0.2) is 0 Å². The SMILES string of the molecule is CCCCCC/C=C\CCCCCCCC(=O)OCCCCCCCCCCC/C=C\CCCCCCCCCC(=O)NC(CO)C(O)/C=C/CCCCCCCCCCCC. The van der Waals surface area contributed by atoms with Gasteiger partial charge in [-0.15, -0.1) is 0 Å². The molecule has 3 N–H and O–H groups in total. The molecular formula is C56H105NO5. The molecule has 0 aliphatic carbocycles. The second-order valence-electron chi connectivity index (χ2n) is 18.5. The number of nitrogens with one attached hydrogen (secondary N) is 1. The maximum atomic E-state index is 12.4. The van der Waals surface area contributed by atoms with Crippen LogP contribution < -0.4 is 5.32 Å². The summed E-state index contributed by atoms with van der Waals surface area (Å²) in [6.07, 6.45) is 63.0. The Morgan fingerprint density at radius 3 is 1.16 bits per heavy atom. The Balaban J connectivity index is 3.46.